The van der Waals surface area contributed by atoms with E-state index in [0.29, 0.717) is 16.2 Å². The summed E-state index contributed by atoms with van der Waals surface area (Å²) in [7, 11) is 0. The van der Waals surface area contributed by atoms with Crippen molar-refractivity contribution < 1.29 is 4.42 Å². The molecule has 1 radical (unpaired) electrons. The first-order valence-corrected chi connectivity index (χ1v) is 5.11. The third-order valence-electron chi connectivity index (χ3n) is 2.34. The van der Waals surface area contributed by atoms with Crippen molar-refractivity contribution in [2.75, 3.05) is 13.1 Å². The van der Waals surface area contributed by atoms with E-state index >= 15 is 0 Å². The van der Waals surface area contributed by atoms with Crippen molar-refractivity contribution in [3.05, 3.63) is 22.1 Å². The van der Waals surface area contributed by atoms with Crippen LogP contribution in [-0.2, 0) is 0 Å². The number of halogens is 2. The second-order valence-electron chi connectivity index (χ2n) is 3.22. The molecule has 1 aliphatic rings. The molecule has 0 aliphatic carbocycles. The third kappa shape index (κ3) is 2.01. The Kier molecular flexibility index (Phi) is 2.82. The summed E-state index contributed by atoms with van der Waals surface area (Å²) in [6, 6.07) is 1.82. The summed E-state index contributed by atoms with van der Waals surface area (Å²) in [5.74, 6) is 1.35. The minimum absolute atomic E-state index is 0.305. The molecule has 71 valence electrons. The first-order chi connectivity index (χ1) is 6.27. The minimum atomic E-state index is 0.305. The highest BCUT2D eigenvalue weighted by Crippen LogP contribution is 2.33. The van der Waals surface area contributed by atoms with Crippen LogP contribution in [0, 0.1) is 0 Å². The Morgan fingerprint density at radius 2 is 2.00 bits per heavy atom. The fourth-order valence-corrected chi connectivity index (χ4v) is 1.89. The van der Waals surface area contributed by atoms with Gasteiger partial charge in [-0.15, -0.1) is 0 Å². The SMILES string of the molecule is Clc1cc(C2CC[N]CC2)oc1Cl. The maximum atomic E-state index is 5.80. The van der Waals surface area contributed by atoms with Crippen molar-refractivity contribution in [2.24, 2.45) is 0 Å². The molecule has 0 N–H and O–H groups in total. The average molecular weight is 219 g/mol. The van der Waals surface area contributed by atoms with E-state index < -0.39 is 0 Å². The van der Waals surface area contributed by atoms with E-state index in [1.807, 2.05) is 6.07 Å². The highest BCUT2D eigenvalue weighted by molar-refractivity contribution is 6.40. The lowest BCUT2D eigenvalue weighted by Gasteiger charge is -2.18. The molecule has 1 aliphatic heterocycles. The smallest absolute Gasteiger partial charge is 0.212 e. The van der Waals surface area contributed by atoms with Gasteiger partial charge in [-0.1, -0.05) is 11.6 Å². The second kappa shape index (κ2) is 3.91. The molecule has 1 aromatic rings. The van der Waals surface area contributed by atoms with E-state index in [1.54, 1.807) is 0 Å². The van der Waals surface area contributed by atoms with Crippen LogP contribution >= 0.6 is 23.2 Å². The normalized spacial score (nSPS) is 19.2. The second-order valence-corrected chi connectivity index (χ2v) is 3.97. The predicted molar refractivity (Wildman–Crippen MR) is 52.6 cm³/mol. The van der Waals surface area contributed by atoms with Gasteiger partial charge in [-0.2, -0.15) is 0 Å². The van der Waals surface area contributed by atoms with Crippen LogP contribution in [-0.4, -0.2) is 13.1 Å². The predicted octanol–water partition coefficient (Wildman–Crippen LogP) is 3.07. The molecular weight excluding hydrogens is 209 g/mol. The van der Waals surface area contributed by atoms with Crippen LogP contribution < -0.4 is 5.32 Å². The number of hydrogen-bond acceptors (Lipinski definition) is 1. The number of hydrogen-bond donors (Lipinski definition) is 0. The van der Waals surface area contributed by atoms with Gasteiger partial charge < -0.3 is 4.42 Å². The number of piperidine rings is 1. The summed E-state index contributed by atoms with van der Waals surface area (Å²) in [4.78, 5) is 0. The van der Waals surface area contributed by atoms with Gasteiger partial charge in [0.2, 0.25) is 5.22 Å². The largest absolute Gasteiger partial charge is 0.448 e. The van der Waals surface area contributed by atoms with Gasteiger partial charge in [-0.05, 0) is 24.4 Å². The van der Waals surface area contributed by atoms with Crippen LogP contribution in [0.15, 0.2) is 10.5 Å². The van der Waals surface area contributed by atoms with Crippen molar-refractivity contribution in [1.29, 1.82) is 0 Å². The van der Waals surface area contributed by atoms with Gasteiger partial charge in [0, 0.05) is 25.1 Å². The Morgan fingerprint density at radius 1 is 1.31 bits per heavy atom. The fourth-order valence-electron chi connectivity index (χ4n) is 1.60. The first kappa shape index (κ1) is 9.38. The molecule has 0 aromatic carbocycles. The molecule has 1 aromatic heterocycles. The van der Waals surface area contributed by atoms with Crippen molar-refractivity contribution in [2.45, 2.75) is 18.8 Å². The van der Waals surface area contributed by atoms with Gasteiger partial charge in [0.1, 0.15) is 5.76 Å². The zero-order valence-electron chi connectivity index (χ0n) is 7.09. The topological polar surface area (TPSA) is 27.2 Å². The molecule has 0 saturated carbocycles. The Morgan fingerprint density at radius 3 is 2.54 bits per heavy atom. The Balaban J connectivity index is 2.14. The van der Waals surface area contributed by atoms with Gasteiger partial charge in [0.25, 0.3) is 0 Å². The molecule has 2 rings (SSSR count). The lowest BCUT2D eigenvalue weighted by Crippen LogP contribution is -2.20. The van der Waals surface area contributed by atoms with Gasteiger partial charge in [0.15, 0.2) is 0 Å². The molecule has 0 amide bonds. The molecular formula is C9H10Cl2NO. The molecule has 2 nitrogen and oxygen atoms in total. The van der Waals surface area contributed by atoms with Gasteiger partial charge >= 0.3 is 0 Å². The molecule has 0 atom stereocenters. The van der Waals surface area contributed by atoms with Crippen LogP contribution in [0.5, 0.6) is 0 Å². The monoisotopic (exact) mass is 218 g/mol. The minimum Gasteiger partial charge on any atom is -0.448 e. The quantitative estimate of drug-likeness (QED) is 0.713. The van der Waals surface area contributed by atoms with Crippen LogP contribution in [0.3, 0.4) is 0 Å². The molecule has 1 fully saturated rings. The van der Waals surface area contributed by atoms with Gasteiger partial charge in [-0.3, -0.25) is 0 Å². The van der Waals surface area contributed by atoms with Crippen LogP contribution in [0.2, 0.25) is 10.2 Å². The summed E-state index contributed by atoms with van der Waals surface area (Å²) in [5, 5.41) is 5.09. The third-order valence-corrected chi connectivity index (χ3v) is 3.00. The number of furan rings is 1. The molecule has 1 saturated heterocycles. The van der Waals surface area contributed by atoms with Gasteiger partial charge in [0.05, 0.1) is 5.02 Å². The van der Waals surface area contributed by atoms with E-state index in [9.17, 15) is 0 Å². The van der Waals surface area contributed by atoms with E-state index in [1.165, 1.54) is 0 Å². The maximum absolute atomic E-state index is 5.80. The van der Waals surface area contributed by atoms with E-state index in [0.717, 1.165) is 31.7 Å². The lowest BCUT2D eigenvalue weighted by molar-refractivity contribution is 0.383. The first-order valence-electron chi connectivity index (χ1n) is 4.35. The van der Waals surface area contributed by atoms with Crippen molar-refractivity contribution in [1.82, 2.24) is 5.32 Å². The standard InChI is InChI=1S/C9H10Cl2NO/c10-7-5-8(13-9(7)11)6-1-3-12-4-2-6/h5-6H,1-4H2. The molecule has 4 heteroatoms. The van der Waals surface area contributed by atoms with Crippen LogP contribution in [0.25, 0.3) is 0 Å². The highest BCUT2D eigenvalue weighted by Gasteiger charge is 2.20. The van der Waals surface area contributed by atoms with Crippen molar-refractivity contribution in [3.63, 3.8) is 0 Å². The van der Waals surface area contributed by atoms with E-state index in [-0.39, 0.29) is 0 Å². The van der Waals surface area contributed by atoms with Gasteiger partial charge in [-0.25, -0.2) is 5.32 Å². The average Bonchev–Trinajstić information content (AvgIpc) is 2.49. The maximum Gasteiger partial charge on any atom is 0.212 e. The summed E-state index contributed by atoms with van der Waals surface area (Å²) >= 11 is 11.5. The van der Waals surface area contributed by atoms with Crippen molar-refractivity contribution in [3.8, 4) is 0 Å². The molecule has 2 heterocycles. The molecule has 0 unspecified atom stereocenters. The summed E-state index contributed by atoms with van der Waals surface area (Å²) in [6.07, 6.45) is 2.08. The molecule has 13 heavy (non-hydrogen) atoms. The highest BCUT2D eigenvalue weighted by atomic mass is 35.5. The van der Waals surface area contributed by atoms with Crippen molar-refractivity contribution >= 4 is 23.2 Å². The summed E-state index contributed by atoms with van der Waals surface area (Å²) in [5.41, 5.74) is 0. The zero-order valence-corrected chi connectivity index (χ0v) is 8.61. The Bertz CT molecular complexity index is 272. The summed E-state index contributed by atoms with van der Waals surface area (Å²) in [6.45, 7) is 1.83. The zero-order chi connectivity index (χ0) is 9.26. The number of rotatable bonds is 1. The lowest BCUT2D eigenvalue weighted by atomic mass is 9.96. The number of nitrogens with zero attached hydrogens (tertiary/aromatic N) is 1. The molecule has 0 spiro atoms. The summed E-state index contributed by atoms with van der Waals surface area (Å²) < 4.78 is 5.35. The van der Waals surface area contributed by atoms with Crippen LogP contribution in [0.1, 0.15) is 24.5 Å². The van der Waals surface area contributed by atoms with E-state index in [2.05, 4.69) is 5.32 Å². The van der Waals surface area contributed by atoms with Crippen LogP contribution in [0.4, 0.5) is 0 Å². The molecule has 0 bridgehead atoms. The Labute approximate surface area is 87.2 Å². The fraction of sp³-hybridized carbons (Fsp3) is 0.556. The Hall–Kier alpha value is -0.180. The van der Waals surface area contributed by atoms with E-state index in [4.69, 9.17) is 27.6 Å².